The van der Waals surface area contributed by atoms with Gasteiger partial charge in [-0.25, -0.2) is 9.78 Å². The van der Waals surface area contributed by atoms with Crippen molar-refractivity contribution in [2.45, 2.75) is 6.92 Å². The zero-order valence-electron chi connectivity index (χ0n) is 16.4. The molecule has 156 valence electrons. The number of hydrogen-bond acceptors (Lipinski definition) is 7. The fourth-order valence-corrected chi connectivity index (χ4v) is 4.35. The highest BCUT2D eigenvalue weighted by atomic mass is 32.1. The van der Waals surface area contributed by atoms with Gasteiger partial charge in [0.15, 0.2) is 5.13 Å². The average molecular weight is 427 g/mol. The number of rotatable bonds is 5. The Bertz CT molecular complexity index is 1080. The van der Waals surface area contributed by atoms with Crippen molar-refractivity contribution in [1.29, 1.82) is 0 Å². The summed E-state index contributed by atoms with van der Waals surface area (Å²) in [5.74, 6) is 0.649. The summed E-state index contributed by atoms with van der Waals surface area (Å²) in [5.41, 5.74) is 1.46. The van der Waals surface area contributed by atoms with Gasteiger partial charge in [0.1, 0.15) is 5.75 Å². The minimum absolute atomic E-state index is 0.0616. The summed E-state index contributed by atoms with van der Waals surface area (Å²) < 4.78 is 6.35. The topological polar surface area (TPSA) is 101 Å². The fourth-order valence-electron chi connectivity index (χ4n) is 3.30. The van der Waals surface area contributed by atoms with E-state index in [1.807, 2.05) is 31.2 Å². The van der Waals surface area contributed by atoms with Crippen molar-refractivity contribution in [3.63, 3.8) is 0 Å². The molecule has 1 saturated heterocycles. The number of nitro benzene ring substituents is 1. The lowest BCUT2D eigenvalue weighted by Gasteiger charge is -2.34. The van der Waals surface area contributed by atoms with Crippen LogP contribution in [0.4, 0.5) is 21.3 Å². The molecule has 1 fully saturated rings. The first kappa shape index (κ1) is 19.9. The molecular weight excluding hydrogens is 406 g/mol. The number of nitrogens with zero attached hydrogens (tertiary/aromatic N) is 4. The number of nitro groups is 1. The number of hydrogen-bond donors (Lipinski definition) is 1. The number of non-ortho nitro benzene ring substituents is 1. The molecule has 3 aromatic rings. The van der Waals surface area contributed by atoms with E-state index in [2.05, 4.69) is 15.2 Å². The van der Waals surface area contributed by atoms with E-state index in [1.54, 1.807) is 17.0 Å². The molecule has 0 bridgehead atoms. The summed E-state index contributed by atoms with van der Waals surface area (Å²) in [4.78, 5) is 31.7. The van der Waals surface area contributed by atoms with Gasteiger partial charge in [-0.3, -0.25) is 10.1 Å². The molecule has 2 heterocycles. The van der Waals surface area contributed by atoms with Crippen LogP contribution in [0.15, 0.2) is 42.5 Å². The Labute approximate surface area is 177 Å². The summed E-state index contributed by atoms with van der Waals surface area (Å²) in [5, 5.41) is 14.7. The molecule has 1 aromatic heterocycles. The van der Waals surface area contributed by atoms with Gasteiger partial charge in [-0.15, -0.1) is 0 Å². The summed E-state index contributed by atoms with van der Waals surface area (Å²) in [6.07, 6.45) is 0. The lowest BCUT2D eigenvalue weighted by atomic mass is 10.3. The van der Waals surface area contributed by atoms with E-state index in [0.717, 1.165) is 15.3 Å². The standard InChI is InChI=1S/C20H21N5O4S/c1-2-29-17-6-4-3-5-15(17)21-19(26)23-9-11-24(12-10-23)20-22-16-8-7-14(25(27)28)13-18(16)30-20/h3-8,13H,2,9-12H2,1H3,(H,21,26). The van der Waals surface area contributed by atoms with Gasteiger partial charge < -0.3 is 19.9 Å². The van der Waals surface area contributed by atoms with E-state index >= 15 is 0 Å². The molecule has 0 saturated carbocycles. The molecule has 0 spiro atoms. The normalized spacial score (nSPS) is 14.0. The lowest BCUT2D eigenvalue weighted by Crippen LogP contribution is -2.50. The van der Waals surface area contributed by atoms with Gasteiger partial charge in [0.25, 0.3) is 5.69 Å². The van der Waals surface area contributed by atoms with Gasteiger partial charge in [0.05, 0.1) is 27.4 Å². The molecule has 0 atom stereocenters. The molecule has 0 unspecified atom stereocenters. The zero-order chi connectivity index (χ0) is 21.1. The summed E-state index contributed by atoms with van der Waals surface area (Å²) >= 11 is 1.43. The van der Waals surface area contributed by atoms with Crippen LogP contribution in [-0.4, -0.2) is 53.6 Å². The maximum atomic E-state index is 12.7. The first-order valence-electron chi connectivity index (χ1n) is 9.63. The highest BCUT2D eigenvalue weighted by Gasteiger charge is 2.24. The van der Waals surface area contributed by atoms with E-state index in [0.29, 0.717) is 44.2 Å². The van der Waals surface area contributed by atoms with Crippen molar-refractivity contribution in [2.24, 2.45) is 0 Å². The van der Waals surface area contributed by atoms with E-state index in [9.17, 15) is 14.9 Å². The van der Waals surface area contributed by atoms with Crippen molar-refractivity contribution < 1.29 is 14.5 Å². The number of anilines is 2. The van der Waals surface area contributed by atoms with Crippen LogP contribution in [0.25, 0.3) is 10.2 Å². The van der Waals surface area contributed by atoms with Crippen molar-refractivity contribution in [3.05, 3.63) is 52.6 Å². The van der Waals surface area contributed by atoms with Crippen LogP contribution in [0, 0.1) is 10.1 Å². The Morgan fingerprint density at radius 2 is 2.00 bits per heavy atom. The Kier molecular flexibility index (Phi) is 5.66. The number of urea groups is 1. The lowest BCUT2D eigenvalue weighted by molar-refractivity contribution is -0.384. The van der Waals surface area contributed by atoms with Gasteiger partial charge in [-0.1, -0.05) is 23.5 Å². The number of benzene rings is 2. The van der Waals surface area contributed by atoms with Crippen LogP contribution in [-0.2, 0) is 0 Å². The Morgan fingerprint density at radius 1 is 1.23 bits per heavy atom. The van der Waals surface area contributed by atoms with Gasteiger partial charge in [0, 0.05) is 38.3 Å². The second-order valence-electron chi connectivity index (χ2n) is 6.74. The number of para-hydroxylation sites is 2. The predicted octanol–water partition coefficient (Wildman–Crippen LogP) is 3.96. The second kappa shape index (κ2) is 8.54. The van der Waals surface area contributed by atoms with Gasteiger partial charge in [-0.2, -0.15) is 0 Å². The number of carbonyl (C=O) groups excluding carboxylic acids is 1. The van der Waals surface area contributed by atoms with Crippen LogP contribution >= 0.6 is 11.3 Å². The van der Waals surface area contributed by atoms with Crippen LogP contribution in [0.2, 0.25) is 0 Å². The molecular formula is C20H21N5O4S. The number of thiazole rings is 1. The van der Waals surface area contributed by atoms with Gasteiger partial charge >= 0.3 is 6.03 Å². The molecule has 30 heavy (non-hydrogen) atoms. The summed E-state index contributed by atoms with van der Waals surface area (Å²) in [6.45, 7) is 4.82. The molecule has 9 nitrogen and oxygen atoms in total. The number of fused-ring (bicyclic) bond motifs is 1. The van der Waals surface area contributed by atoms with Crippen LogP contribution in [0.5, 0.6) is 5.75 Å². The molecule has 1 aliphatic rings. The Balaban J connectivity index is 1.39. The molecule has 2 amide bonds. The number of carbonyl (C=O) groups is 1. The molecule has 4 rings (SSSR count). The average Bonchev–Trinajstić information content (AvgIpc) is 3.19. The number of piperazine rings is 1. The molecule has 10 heteroatoms. The van der Waals surface area contributed by atoms with Crippen LogP contribution < -0.4 is 15.0 Å². The van der Waals surface area contributed by atoms with Crippen molar-refractivity contribution in [3.8, 4) is 5.75 Å². The van der Waals surface area contributed by atoms with Crippen LogP contribution in [0.1, 0.15) is 6.92 Å². The minimum atomic E-state index is -0.403. The number of nitrogens with one attached hydrogen (secondary N) is 1. The van der Waals surface area contributed by atoms with E-state index in [1.165, 1.54) is 17.4 Å². The third-order valence-corrected chi connectivity index (χ3v) is 5.92. The first-order valence-corrected chi connectivity index (χ1v) is 10.4. The summed E-state index contributed by atoms with van der Waals surface area (Å²) in [6, 6.07) is 11.9. The molecule has 2 aromatic carbocycles. The minimum Gasteiger partial charge on any atom is -0.492 e. The monoisotopic (exact) mass is 427 g/mol. The summed E-state index contributed by atoms with van der Waals surface area (Å²) in [7, 11) is 0. The second-order valence-corrected chi connectivity index (χ2v) is 7.75. The highest BCUT2D eigenvalue weighted by molar-refractivity contribution is 7.22. The molecule has 0 aliphatic carbocycles. The van der Waals surface area contributed by atoms with E-state index < -0.39 is 4.92 Å². The molecule has 1 aliphatic heterocycles. The number of amides is 2. The quantitative estimate of drug-likeness (QED) is 0.489. The largest absolute Gasteiger partial charge is 0.492 e. The first-order chi connectivity index (χ1) is 14.5. The third-order valence-electron chi connectivity index (χ3n) is 4.84. The Hall–Kier alpha value is -3.40. The highest BCUT2D eigenvalue weighted by Crippen LogP contribution is 2.32. The predicted molar refractivity (Wildman–Crippen MR) is 117 cm³/mol. The molecule has 1 N–H and O–H groups in total. The Morgan fingerprint density at radius 3 is 2.73 bits per heavy atom. The SMILES string of the molecule is CCOc1ccccc1NC(=O)N1CCN(c2nc3ccc([N+](=O)[O-])cc3s2)CC1. The number of ether oxygens (including phenoxy) is 1. The molecule has 0 radical (unpaired) electrons. The number of aromatic nitrogens is 1. The maximum Gasteiger partial charge on any atom is 0.322 e. The van der Waals surface area contributed by atoms with Gasteiger partial charge in [0.2, 0.25) is 0 Å². The third kappa shape index (κ3) is 4.13. The van der Waals surface area contributed by atoms with Crippen molar-refractivity contribution in [1.82, 2.24) is 9.88 Å². The van der Waals surface area contributed by atoms with Gasteiger partial charge in [-0.05, 0) is 25.1 Å². The van der Waals surface area contributed by atoms with Crippen molar-refractivity contribution in [2.75, 3.05) is 43.0 Å². The van der Waals surface area contributed by atoms with E-state index in [4.69, 9.17) is 4.74 Å². The fraction of sp³-hybridized carbons (Fsp3) is 0.300. The van der Waals surface area contributed by atoms with Crippen molar-refractivity contribution >= 4 is 44.1 Å². The zero-order valence-corrected chi connectivity index (χ0v) is 17.2. The van der Waals surface area contributed by atoms with Crippen LogP contribution in [0.3, 0.4) is 0 Å². The maximum absolute atomic E-state index is 12.7. The van der Waals surface area contributed by atoms with E-state index in [-0.39, 0.29) is 11.7 Å². The smallest absolute Gasteiger partial charge is 0.322 e.